The van der Waals surface area contributed by atoms with Crippen LogP contribution in [-0.2, 0) is 0 Å². The zero-order valence-corrected chi connectivity index (χ0v) is 16.6. The van der Waals surface area contributed by atoms with Crippen molar-refractivity contribution in [2.75, 3.05) is 5.32 Å². The van der Waals surface area contributed by atoms with Gasteiger partial charge in [-0.25, -0.2) is 0 Å². The molecule has 5 heteroatoms. The molecular formula is C22H19ClN2OS. The summed E-state index contributed by atoms with van der Waals surface area (Å²) in [5.74, 6) is -0.174. The zero-order chi connectivity index (χ0) is 19.4. The topological polar surface area (TPSA) is 39.0 Å². The second kappa shape index (κ2) is 8.33. The van der Waals surface area contributed by atoms with Crippen LogP contribution in [0.2, 0.25) is 5.02 Å². The van der Waals surface area contributed by atoms with E-state index in [1.54, 1.807) is 28.8 Å². The van der Waals surface area contributed by atoms with E-state index in [1.807, 2.05) is 62.6 Å². The van der Waals surface area contributed by atoms with Crippen molar-refractivity contribution in [3.05, 3.63) is 94.8 Å². The number of nitrogens with zero attached hydrogens (tertiary/aromatic N) is 1. The van der Waals surface area contributed by atoms with Crippen LogP contribution in [0, 0.1) is 13.8 Å². The zero-order valence-electron chi connectivity index (χ0n) is 15.1. The molecule has 0 saturated carbocycles. The number of pyridine rings is 1. The molecule has 1 heterocycles. The van der Waals surface area contributed by atoms with Crippen molar-refractivity contribution in [3.63, 3.8) is 0 Å². The fourth-order valence-electron chi connectivity index (χ4n) is 2.81. The van der Waals surface area contributed by atoms with E-state index in [1.165, 1.54) is 0 Å². The van der Waals surface area contributed by atoms with Gasteiger partial charge < -0.3 is 10.4 Å². The molecule has 27 heavy (non-hydrogen) atoms. The second-order valence-corrected chi connectivity index (χ2v) is 7.03. The van der Waals surface area contributed by atoms with Crippen LogP contribution in [0.15, 0.2) is 73.1 Å². The minimum Gasteiger partial charge on any atom is -0.867 e. The van der Waals surface area contributed by atoms with Gasteiger partial charge >= 0.3 is 0 Å². The summed E-state index contributed by atoms with van der Waals surface area (Å²) in [5, 5.41) is 17.1. The number of para-hydroxylation sites is 1. The van der Waals surface area contributed by atoms with Gasteiger partial charge in [-0.15, -0.1) is 0 Å². The van der Waals surface area contributed by atoms with Gasteiger partial charge in [0.1, 0.15) is 0 Å². The van der Waals surface area contributed by atoms with Gasteiger partial charge in [0.05, 0.1) is 0 Å². The summed E-state index contributed by atoms with van der Waals surface area (Å²) in [6, 6.07) is 18.4. The number of rotatable bonds is 4. The molecule has 0 aliphatic rings. The van der Waals surface area contributed by atoms with E-state index in [0.29, 0.717) is 21.3 Å². The molecule has 3 nitrogen and oxygen atoms in total. The molecule has 0 amide bonds. The molecule has 136 valence electrons. The average molecular weight is 395 g/mol. The highest BCUT2D eigenvalue weighted by Crippen LogP contribution is 2.23. The first-order chi connectivity index (χ1) is 13.0. The summed E-state index contributed by atoms with van der Waals surface area (Å²) < 4.78 is 1.74. The number of aromatic nitrogens is 1. The summed E-state index contributed by atoms with van der Waals surface area (Å²) in [6.07, 6.45) is 3.61. The summed E-state index contributed by atoms with van der Waals surface area (Å²) in [4.78, 5) is 0.364. The van der Waals surface area contributed by atoms with Crippen molar-refractivity contribution in [2.45, 2.75) is 13.8 Å². The fraction of sp³-hybridized carbons (Fsp3) is 0.0909. The van der Waals surface area contributed by atoms with Gasteiger partial charge in [-0.3, -0.25) is 0 Å². The van der Waals surface area contributed by atoms with Crippen LogP contribution in [0.5, 0.6) is 0 Å². The highest BCUT2D eigenvalue weighted by Gasteiger charge is 2.19. The molecule has 1 N–H and O–H groups in total. The molecule has 0 aliphatic carbocycles. The SMILES string of the molecule is Cc1cccc(C)c1NC(=S)C(=C([O-])c1ccc(Cl)cc1)[n+]1ccccc1. The molecule has 1 aromatic heterocycles. The Morgan fingerprint density at radius 3 is 2.11 bits per heavy atom. The number of aryl methyl sites for hydroxylation is 2. The summed E-state index contributed by atoms with van der Waals surface area (Å²) >= 11 is 11.6. The van der Waals surface area contributed by atoms with Gasteiger partial charge in [-0.1, -0.05) is 60.2 Å². The number of nitrogens with one attached hydrogen (secondary N) is 1. The van der Waals surface area contributed by atoms with Crippen LogP contribution in [0.4, 0.5) is 5.69 Å². The molecule has 0 aliphatic heterocycles. The van der Waals surface area contributed by atoms with Gasteiger partial charge in [-0.05, 0) is 48.4 Å². The minimum absolute atomic E-state index is 0.174. The predicted octanol–water partition coefficient (Wildman–Crippen LogP) is 4.37. The van der Waals surface area contributed by atoms with E-state index >= 15 is 0 Å². The molecule has 3 aromatic rings. The van der Waals surface area contributed by atoms with Crippen molar-refractivity contribution in [1.82, 2.24) is 0 Å². The Bertz CT molecular complexity index is 978. The van der Waals surface area contributed by atoms with Crippen molar-refractivity contribution < 1.29 is 9.67 Å². The highest BCUT2D eigenvalue weighted by molar-refractivity contribution is 7.81. The van der Waals surface area contributed by atoms with Crippen LogP contribution in [-0.4, -0.2) is 4.99 Å². The van der Waals surface area contributed by atoms with Crippen molar-refractivity contribution >= 4 is 46.0 Å². The number of hydrogen-bond acceptors (Lipinski definition) is 2. The first-order valence-corrected chi connectivity index (χ1v) is 9.27. The number of thiocarbonyl (C=S) groups is 1. The fourth-order valence-corrected chi connectivity index (χ4v) is 3.23. The molecule has 3 rings (SSSR count). The molecule has 0 bridgehead atoms. The van der Waals surface area contributed by atoms with Crippen LogP contribution >= 0.6 is 23.8 Å². The molecule has 0 radical (unpaired) electrons. The van der Waals surface area contributed by atoms with E-state index in [2.05, 4.69) is 5.32 Å². The number of anilines is 1. The van der Waals surface area contributed by atoms with Crippen LogP contribution in [0.3, 0.4) is 0 Å². The quantitative estimate of drug-likeness (QED) is 0.309. The van der Waals surface area contributed by atoms with E-state index < -0.39 is 0 Å². The second-order valence-electron chi connectivity index (χ2n) is 6.19. The molecule has 2 aromatic carbocycles. The van der Waals surface area contributed by atoms with Crippen molar-refractivity contribution in [2.24, 2.45) is 0 Å². The van der Waals surface area contributed by atoms with Gasteiger partial charge in [0.15, 0.2) is 17.4 Å². The number of halogens is 1. The summed E-state index contributed by atoms with van der Waals surface area (Å²) in [7, 11) is 0. The third-order valence-corrected chi connectivity index (χ3v) is 4.78. The van der Waals surface area contributed by atoms with Gasteiger partial charge in [-0.2, -0.15) is 4.57 Å². The molecule has 0 spiro atoms. The average Bonchev–Trinajstić information content (AvgIpc) is 2.66. The predicted molar refractivity (Wildman–Crippen MR) is 113 cm³/mol. The molecule has 0 unspecified atom stereocenters. The van der Waals surface area contributed by atoms with Crippen LogP contribution in [0.1, 0.15) is 16.7 Å². The van der Waals surface area contributed by atoms with Crippen LogP contribution < -0.4 is 15.0 Å². The monoisotopic (exact) mass is 394 g/mol. The lowest BCUT2D eigenvalue weighted by atomic mass is 10.1. The van der Waals surface area contributed by atoms with Gasteiger partial charge in [0.25, 0.3) is 0 Å². The normalized spacial score (nSPS) is 11.7. The number of hydrogen-bond donors (Lipinski definition) is 1. The standard InChI is InChI=1S/C22H19ClN2OS/c1-15-7-6-8-16(2)19(15)24-22(27)20(25-13-4-3-5-14-25)21(26)17-9-11-18(23)12-10-17/h3-14H,1-2H3,(H-,24,26,27). The molecule has 0 fully saturated rings. The Balaban J connectivity index is 2.09. The lowest BCUT2D eigenvalue weighted by Gasteiger charge is -2.18. The maximum Gasteiger partial charge on any atom is 0.238 e. The first-order valence-electron chi connectivity index (χ1n) is 8.49. The first kappa shape index (κ1) is 19.1. The lowest BCUT2D eigenvalue weighted by molar-refractivity contribution is -0.577. The molecule has 0 saturated heterocycles. The molecular weight excluding hydrogens is 376 g/mol. The summed E-state index contributed by atoms with van der Waals surface area (Å²) in [5.41, 5.74) is 3.95. The Kier molecular flexibility index (Phi) is 5.89. The van der Waals surface area contributed by atoms with E-state index in [9.17, 15) is 5.11 Å². The maximum atomic E-state index is 13.2. The third kappa shape index (κ3) is 4.35. The van der Waals surface area contributed by atoms with E-state index in [-0.39, 0.29) is 5.76 Å². The minimum atomic E-state index is -0.174. The largest absolute Gasteiger partial charge is 0.867 e. The van der Waals surface area contributed by atoms with Gasteiger partial charge in [0.2, 0.25) is 5.70 Å². The summed E-state index contributed by atoms with van der Waals surface area (Å²) in [6.45, 7) is 4.02. The Morgan fingerprint density at radius 1 is 0.926 bits per heavy atom. The molecule has 0 atom stereocenters. The van der Waals surface area contributed by atoms with E-state index in [4.69, 9.17) is 23.8 Å². The van der Waals surface area contributed by atoms with Crippen molar-refractivity contribution in [3.8, 4) is 0 Å². The third-order valence-electron chi connectivity index (χ3n) is 4.23. The number of benzene rings is 2. The lowest BCUT2D eigenvalue weighted by Crippen LogP contribution is -2.39. The Hall–Kier alpha value is -2.69. The van der Waals surface area contributed by atoms with Crippen LogP contribution in [0.25, 0.3) is 11.5 Å². The smallest absolute Gasteiger partial charge is 0.238 e. The Morgan fingerprint density at radius 2 is 1.52 bits per heavy atom. The Labute approximate surface area is 169 Å². The van der Waals surface area contributed by atoms with E-state index in [0.717, 1.165) is 16.8 Å². The van der Waals surface area contributed by atoms with Gasteiger partial charge in [0, 0.05) is 22.8 Å². The maximum absolute atomic E-state index is 13.2. The van der Waals surface area contributed by atoms with Crippen molar-refractivity contribution in [1.29, 1.82) is 0 Å². The highest BCUT2D eigenvalue weighted by atomic mass is 35.5.